The van der Waals surface area contributed by atoms with Gasteiger partial charge in [0.05, 0.1) is 30.7 Å². The zero-order valence-electron chi connectivity index (χ0n) is 35.2. The predicted molar refractivity (Wildman–Crippen MR) is 230 cm³/mol. The number of hydrogen-bond donors (Lipinski definition) is 2. The number of hydrogen-bond acceptors (Lipinski definition) is 13. The lowest BCUT2D eigenvalue weighted by Gasteiger charge is -2.44. The van der Waals surface area contributed by atoms with Crippen LogP contribution in [0.3, 0.4) is 0 Å². The van der Waals surface area contributed by atoms with E-state index in [1.807, 2.05) is 4.90 Å². The first-order valence-electron chi connectivity index (χ1n) is 20.9. The van der Waals surface area contributed by atoms with E-state index in [1.165, 1.54) is 63.7 Å². The van der Waals surface area contributed by atoms with Gasteiger partial charge in [0.1, 0.15) is 58.7 Å². The molecule has 6 heterocycles. The Kier molecular flexibility index (Phi) is 11.4. The second-order valence-electron chi connectivity index (χ2n) is 16.7. The van der Waals surface area contributed by atoms with Crippen LogP contribution in [-0.2, 0) is 18.8 Å². The van der Waals surface area contributed by atoms with Crippen molar-refractivity contribution in [2.45, 2.75) is 68.9 Å². The molecular formula is C45H45F3N7O8P. The Balaban J connectivity index is 1.13. The van der Waals surface area contributed by atoms with Crippen molar-refractivity contribution in [2.75, 3.05) is 51.9 Å². The molecule has 2 N–H and O–H groups in total. The number of benzene rings is 3. The molecule has 64 heavy (non-hydrogen) atoms. The second-order valence-corrected chi connectivity index (χ2v) is 18.6. The van der Waals surface area contributed by atoms with E-state index in [4.69, 9.17) is 30.1 Å². The lowest BCUT2D eigenvalue weighted by atomic mass is 9.95. The number of ether oxygens (including phenoxy) is 3. The Labute approximate surface area is 366 Å². The third-order valence-electron chi connectivity index (χ3n) is 12.8. The van der Waals surface area contributed by atoms with Gasteiger partial charge in [-0.15, -0.1) is 6.42 Å². The molecule has 6 atom stereocenters. The number of nitrogens with one attached hydrogen (secondary N) is 1. The van der Waals surface area contributed by atoms with Gasteiger partial charge in [-0.05, 0) is 74.9 Å². The molecule has 5 aromatic rings. The zero-order valence-corrected chi connectivity index (χ0v) is 36.1. The van der Waals surface area contributed by atoms with E-state index in [2.05, 4.69) is 25.9 Å². The van der Waals surface area contributed by atoms with Crippen LogP contribution >= 0.6 is 7.67 Å². The van der Waals surface area contributed by atoms with Crippen molar-refractivity contribution in [1.29, 1.82) is 0 Å². The van der Waals surface area contributed by atoms with Crippen LogP contribution in [0.15, 0.2) is 54.7 Å². The average molecular weight is 900 g/mol. The number of esters is 2. The first-order valence-corrected chi connectivity index (χ1v) is 22.5. The number of aromatic hydroxyl groups is 1. The summed E-state index contributed by atoms with van der Waals surface area (Å²) in [5, 5.41) is 14.3. The molecular weight excluding hydrogens is 855 g/mol. The summed E-state index contributed by atoms with van der Waals surface area (Å²) in [6.07, 6.45) is 9.02. The first kappa shape index (κ1) is 43.3. The standard InChI is InChI=1S/C45H45F3N7O8P/c1-5-31-35(47)14-11-26-17-30(56)18-33(37(26)31)39-38(48)40-34(20-49-39)41(51-44(50-40)62-24-45-15-8-16-54(45)21-27(46)19-45)53-22-28-12-13-29(23-53)55(28)64(59,52-25(2)42(57)60-3)63-36-10-7-6-9-32(36)43(58)61-4/h1,6-7,9-11,14,17-18,20,25,27-29,56H,8,12-13,15-16,19,21-24H2,2-4H3,(H,52,59)/t25-,27+,28?,29?,45-,64?/m0/s1. The number of phenolic OH excluding ortho intramolecular Hbond substituents is 1. The molecule has 0 saturated carbocycles. The summed E-state index contributed by atoms with van der Waals surface area (Å²) < 4.78 is 86.8. The molecule has 334 valence electrons. The molecule has 2 aromatic heterocycles. The van der Waals surface area contributed by atoms with Crippen LogP contribution in [0.25, 0.3) is 32.9 Å². The van der Waals surface area contributed by atoms with Crippen LogP contribution in [-0.4, -0.2) is 118 Å². The van der Waals surface area contributed by atoms with Gasteiger partial charge in [-0.3, -0.25) is 14.7 Å². The van der Waals surface area contributed by atoms with E-state index in [9.17, 15) is 19.1 Å². The Morgan fingerprint density at radius 2 is 1.84 bits per heavy atom. The van der Waals surface area contributed by atoms with Crippen molar-refractivity contribution in [2.24, 2.45) is 0 Å². The number of phenols is 1. The highest BCUT2D eigenvalue weighted by Crippen LogP contribution is 2.56. The van der Waals surface area contributed by atoms with Gasteiger partial charge < -0.3 is 28.7 Å². The van der Waals surface area contributed by atoms with Crippen LogP contribution < -0.4 is 19.2 Å². The molecule has 9 rings (SSSR count). The number of methoxy groups -OCH3 is 2. The summed E-state index contributed by atoms with van der Waals surface area (Å²) in [4.78, 5) is 43.4. The number of terminal acetylenes is 1. The Hall–Kier alpha value is -5.99. The third-order valence-corrected chi connectivity index (χ3v) is 15.2. The van der Waals surface area contributed by atoms with Crippen LogP contribution in [0.1, 0.15) is 54.9 Å². The minimum Gasteiger partial charge on any atom is -0.508 e. The van der Waals surface area contributed by atoms with Crippen molar-refractivity contribution < 1.29 is 51.2 Å². The number of pyridine rings is 1. The van der Waals surface area contributed by atoms with Gasteiger partial charge in [0, 0.05) is 55.3 Å². The Bertz CT molecular complexity index is 2780. The number of alkyl halides is 1. The number of rotatable bonds is 12. The Morgan fingerprint density at radius 1 is 1.08 bits per heavy atom. The van der Waals surface area contributed by atoms with Crippen LogP contribution in [0.2, 0.25) is 0 Å². The SMILES string of the molecule is C#Cc1c(F)ccc2cc(O)cc(-c3ncc4c(N5CC6CCC(C5)N6P(=O)(N[C@@H](C)C(=O)OC)Oc5ccccc5C(=O)OC)nc(OC[C@@]56CCCN5C[C@H](F)C6)nc4c3F)c12. The van der Waals surface area contributed by atoms with Gasteiger partial charge in [-0.1, -0.05) is 24.1 Å². The van der Waals surface area contributed by atoms with Crippen molar-refractivity contribution in [3.05, 3.63) is 77.5 Å². The summed E-state index contributed by atoms with van der Waals surface area (Å²) in [7, 11) is -1.82. The fourth-order valence-corrected chi connectivity index (χ4v) is 12.5. The highest BCUT2D eigenvalue weighted by molar-refractivity contribution is 7.54. The number of para-hydroxylation sites is 1. The molecule has 2 bridgehead atoms. The second kappa shape index (κ2) is 16.9. The number of carbonyl (C=O) groups excluding carboxylic acids is 2. The van der Waals surface area contributed by atoms with E-state index in [0.717, 1.165) is 13.0 Å². The largest absolute Gasteiger partial charge is 0.508 e. The molecule has 4 aliphatic rings. The molecule has 4 fully saturated rings. The number of piperazine rings is 1. The van der Waals surface area contributed by atoms with Crippen LogP contribution in [0, 0.1) is 24.0 Å². The first-order chi connectivity index (χ1) is 30.8. The average Bonchev–Trinajstić information content (AvgIpc) is 3.91. The number of fused-ring (bicyclic) bond motifs is 5. The summed E-state index contributed by atoms with van der Waals surface area (Å²) in [6.45, 7) is 2.90. The molecule has 4 saturated heterocycles. The minimum absolute atomic E-state index is 0.0247. The van der Waals surface area contributed by atoms with Crippen molar-refractivity contribution in [1.82, 2.24) is 29.6 Å². The predicted octanol–water partition coefficient (Wildman–Crippen LogP) is 6.54. The number of carbonyl (C=O) groups is 2. The molecule has 3 unspecified atom stereocenters. The van der Waals surface area contributed by atoms with Crippen LogP contribution in [0.4, 0.5) is 19.0 Å². The third kappa shape index (κ3) is 7.53. The van der Waals surface area contributed by atoms with E-state index in [1.54, 1.807) is 16.8 Å². The maximum atomic E-state index is 17.4. The number of nitrogens with zero attached hydrogens (tertiary/aromatic N) is 6. The van der Waals surface area contributed by atoms with Crippen LogP contribution in [0.5, 0.6) is 17.5 Å². The fraction of sp³-hybridized carbons (Fsp3) is 0.400. The van der Waals surface area contributed by atoms with E-state index < -0.39 is 61.1 Å². The normalized spacial score (nSPS) is 23.4. The summed E-state index contributed by atoms with van der Waals surface area (Å²) >= 11 is 0. The number of halogens is 3. The minimum atomic E-state index is -4.24. The van der Waals surface area contributed by atoms with E-state index in [0.29, 0.717) is 24.6 Å². The van der Waals surface area contributed by atoms with Gasteiger partial charge >= 0.3 is 25.6 Å². The van der Waals surface area contributed by atoms with Gasteiger partial charge in [0.2, 0.25) is 0 Å². The maximum Gasteiger partial charge on any atom is 0.394 e. The molecule has 4 aliphatic heterocycles. The lowest BCUT2D eigenvalue weighted by Crippen LogP contribution is -2.55. The molecule has 0 spiro atoms. The molecule has 15 nitrogen and oxygen atoms in total. The van der Waals surface area contributed by atoms with Gasteiger partial charge in [-0.25, -0.2) is 27.6 Å². The highest BCUT2D eigenvalue weighted by atomic mass is 31.2. The smallest absolute Gasteiger partial charge is 0.394 e. The monoisotopic (exact) mass is 899 g/mol. The summed E-state index contributed by atoms with van der Waals surface area (Å²) in [5.41, 5.74) is -1.10. The molecule has 3 aromatic carbocycles. The van der Waals surface area contributed by atoms with E-state index in [-0.39, 0.29) is 94.7 Å². The van der Waals surface area contributed by atoms with Crippen molar-refractivity contribution in [3.8, 4) is 41.1 Å². The topological polar surface area (TPSA) is 169 Å². The number of aromatic nitrogens is 3. The molecule has 0 amide bonds. The van der Waals surface area contributed by atoms with Gasteiger partial charge in [0.25, 0.3) is 0 Å². The van der Waals surface area contributed by atoms with Gasteiger partial charge in [-0.2, -0.15) is 14.6 Å². The van der Waals surface area contributed by atoms with Crippen molar-refractivity contribution in [3.63, 3.8) is 0 Å². The quantitative estimate of drug-likeness (QED) is 0.0786. The summed E-state index contributed by atoms with van der Waals surface area (Å²) in [5.74, 6) is -0.683. The fourth-order valence-electron chi connectivity index (χ4n) is 9.97. The lowest BCUT2D eigenvalue weighted by molar-refractivity contribution is -0.142. The zero-order chi connectivity index (χ0) is 45.1. The molecule has 0 aliphatic carbocycles. The maximum absolute atomic E-state index is 17.4. The summed E-state index contributed by atoms with van der Waals surface area (Å²) in [6, 6.07) is 9.17. The van der Waals surface area contributed by atoms with E-state index >= 15 is 13.3 Å². The number of anilines is 1. The van der Waals surface area contributed by atoms with Crippen molar-refractivity contribution >= 4 is 47.1 Å². The highest BCUT2D eigenvalue weighted by Gasteiger charge is 2.53. The van der Waals surface area contributed by atoms with Gasteiger partial charge in [0.15, 0.2) is 5.82 Å². The molecule has 19 heteroatoms. The molecule has 0 radical (unpaired) electrons. The Morgan fingerprint density at radius 3 is 2.58 bits per heavy atom.